The monoisotopic (exact) mass is 510 g/mol. The van der Waals surface area contributed by atoms with Crippen LogP contribution in [0.5, 0.6) is 0 Å². The molecule has 4 aromatic rings. The van der Waals surface area contributed by atoms with Crippen LogP contribution in [0.2, 0.25) is 5.02 Å². The maximum atomic E-state index is 13.5. The van der Waals surface area contributed by atoms with Gasteiger partial charge in [0.05, 0.1) is 33.9 Å². The lowest BCUT2D eigenvalue weighted by atomic mass is 9.99. The van der Waals surface area contributed by atoms with E-state index in [9.17, 15) is 27.6 Å². The van der Waals surface area contributed by atoms with Gasteiger partial charge in [-0.15, -0.1) is 10.2 Å². The van der Waals surface area contributed by atoms with E-state index >= 15 is 0 Å². The summed E-state index contributed by atoms with van der Waals surface area (Å²) in [4.78, 5) is 39.9. The number of hydrogen-bond donors (Lipinski definition) is 0. The third-order valence-electron chi connectivity index (χ3n) is 5.74. The first-order valence-electron chi connectivity index (χ1n) is 10.5. The van der Waals surface area contributed by atoms with Crippen LogP contribution in [0.25, 0.3) is 5.69 Å². The van der Waals surface area contributed by atoms with Gasteiger partial charge >= 0.3 is 6.18 Å². The Kier molecular flexibility index (Phi) is 5.68. The van der Waals surface area contributed by atoms with Crippen LogP contribution in [-0.4, -0.2) is 37.3 Å². The average Bonchev–Trinajstić information content (AvgIpc) is 3.42. The van der Waals surface area contributed by atoms with Crippen LogP contribution < -0.4 is 0 Å². The molecule has 0 unspecified atom stereocenters. The summed E-state index contributed by atoms with van der Waals surface area (Å²) in [5.41, 5.74) is -0.826. The van der Waals surface area contributed by atoms with Crippen molar-refractivity contribution in [3.8, 4) is 5.69 Å². The number of carbonyl (C=O) groups excluding carboxylic acids is 3. The Morgan fingerprint density at radius 3 is 2.17 bits per heavy atom. The minimum Gasteiger partial charge on any atom is -0.288 e. The molecule has 0 saturated heterocycles. The lowest BCUT2D eigenvalue weighted by Gasteiger charge is -2.17. The summed E-state index contributed by atoms with van der Waals surface area (Å²) in [6.45, 7) is -0.312. The minimum atomic E-state index is -4.70. The lowest BCUT2D eigenvalue weighted by Crippen LogP contribution is -2.30. The van der Waals surface area contributed by atoms with Crippen LogP contribution in [-0.2, 0) is 12.7 Å². The maximum Gasteiger partial charge on any atom is 0.416 e. The number of imide groups is 1. The molecule has 0 aliphatic carbocycles. The van der Waals surface area contributed by atoms with Crippen LogP contribution >= 0.6 is 11.6 Å². The number of alkyl halides is 3. The van der Waals surface area contributed by atoms with Crippen LogP contribution in [0.1, 0.15) is 48.0 Å². The summed E-state index contributed by atoms with van der Waals surface area (Å²) in [7, 11) is 0. The second-order valence-electron chi connectivity index (χ2n) is 7.90. The molecule has 2 amide bonds. The molecule has 36 heavy (non-hydrogen) atoms. The number of aromatic nitrogens is 3. The quantitative estimate of drug-likeness (QED) is 0.280. The van der Waals surface area contributed by atoms with Gasteiger partial charge in [-0.1, -0.05) is 35.9 Å². The summed E-state index contributed by atoms with van der Waals surface area (Å²) in [6, 6.07) is 15.0. The third-order valence-corrected chi connectivity index (χ3v) is 6.07. The molecule has 1 aliphatic rings. The molecule has 1 aliphatic heterocycles. The van der Waals surface area contributed by atoms with Gasteiger partial charge in [-0.05, 0) is 42.5 Å². The van der Waals surface area contributed by atoms with E-state index in [1.807, 2.05) is 0 Å². The first kappa shape index (κ1) is 23.4. The third kappa shape index (κ3) is 3.95. The summed E-state index contributed by atoms with van der Waals surface area (Å²) < 4.78 is 41.8. The van der Waals surface area contributed by atoms with E-state index in [0.29, 0.717) is 0 Å². The normalized spacial score (nSPS) is 13.3. The fourth-order valence-electron chi connectivity index (χ4n) is 3.99. The number of benzene rings is 3. The van der Waals surface area contributed by atoms with Crippen LogP contribution in [0.3, 0.4) is 0 Å². The Bertz CT molecular complexity index is 1510. The van der Waals surface area contributed by atoms with Crippen molar-refractivity contribution >= 4 is 29.2 Å². The summed E-state index contributed by atoms with van der Waals surface area (Å²) in [5, 5.41) is 7.83. The smallest absolute Gasteiger partial charge is 0.288 e. The molecule has 0 radical (unpaired) electrons. The Balaban J connectivity index is 1.59. The molecule has 0 atom stereocenters. The number of halogens is 4. The number of ketones is 1. The van der Waals surface area contributed by atoms with E-state index in [0.717, 1.165) is 23.1 Å². The summed E-state index contributed by atoms with van der Waals surface area (Å²) in [6.07, 6.45) is -3.51. The van der Waals surface area contributed by atoms with E-state index in [2.05, 4.69) is 10.2 Å². The van der Waals surface area contributed by atoms with Gasteiger partial charge in [-0.25, -0.2) is 0 Å². The zero-order valence-electron chi connectivity index (χ0n) is 18.2. The van der Waals surface area contributed by atoms with Gasteiger partial charge in [0.25, 0.3) is 11.8 Å². The van der Waals surface area contributed by atoms with Crippen molar-refractivity contribution in [2.24, 2.45) is 0 Å². The van der Waals surface area contributed by atoms with Gasteiger partial charge in [-0.2, -0.15) is 13.2 Å². The molecular weight excluding hydrogens is 497 g/mol. The molecule has 2 heterocycles. The van der Waals surface area contributed by atoms with Crippen molar-refractivity contribution in [3.63, 3.8) is 0 Å². The molecular formula is C25H14ClF3N4O3. The highest BCUT2D eigenvalue weighted by Crippen LogP contribution is 2.33. The molecule has 0 spiro atoms. The van der Waals surface area contributed by atoms with Crippen molar-refractivity contribution in [1.82, 2.24) is 19.7 Å². The number of amides is 2. The van der Waals surface area contributed by atoms with E-state index in [4.69, 9.17) is 11.6 Å². The lowest BCUT2D eigenvalue weighted by molar-refractivity contribution is -0.137. The van der Waals surface area contributed by atoms with Crippen molar-refractivity contribution in [2.75, 3.05) is 0 Å². The number of carbonyl (C=O) groups is 3. The second-order valence-corrected chi connectivity index (χ2v) is 8.31. The zero-order valence-corrected chi connectivity index (χ0v) is 18.9. The predicted molar refractivity (Wildman–Crippen MR) is 122 cm³/mol. The Labute approximate surface area is 206 Å². The van der Waals surface area contributed by atoms with E-state index < -0.39 is 29.3 Å². The number of fused-ring (bicyclic) bond motifs is 1. The van der Waals surface area contributed by atoms with Crippen LogP contribution in [0.15, 0.2) is 73.1 Å². The van der Waals surface area contributed by atoms with Crippen molar-refractivity contribution < 1.29 is 27.6 Å². The van der Waals surface area contributed by atoms with E-state index in [1.54, 1.807) is 24.3 Å². The first-order valence-corrected chi connectivity index (χ1v) is 10.9. The standard InChI is InChI=1S/C25H14ClF3N4O3/c26-19-8-4-3-7-17(19)22(34)18-11-14(25(27,28)29)9-10-20(18)33-13-30-31-21(33)12-32-23(35)15-5-1-2-6-16(15)24(32)36/h1-11,13H,12H2. The summed E-state index contributed by atoms with van der Waals surface area (Å²) in [5.74, 6) is -1.76. The largest absolute Gasteiger partial charge is 0.416 e. The fourth-order valence-corrected chi connectivity index (χ4v) is 4.21. The van der Waals surface area contributed by atoms with Gasteiger partial charge in [-0.3, -0.25) is 23.9 Å². The number of hydrogen-bond acceptors (Lipinski definition) is 5. The number of rotatable bonds is 5. The number of nitrogens with zero attached hydrogens (tertiary/aromatic N) is 4. The highest BCUT2D eigenvalue weighted by Gasteiger charge is 2.37. The molecule has 0 fully saturated rings. The second kappa shape index (κ2) is 8.72. The van der Waals surface area contributed by atoms with Gasteiger partial charge in [0.2, 0.25) is 0 Å². The van der Waals surface area contributed by atoms with E-state index in [-0.39, 0.29) is 45.3 Å². The maximum absolute atomic E-state index is 13.5. The Morgan fingerprint density at radius 2 is 1.53 bits per heavy atom. The van der Waals surface area contributed by atoms with Crippen molar-refractivity contribution in [1.29, 1.82) is 0 Å². The molecule has 5 rings (SSSR count). The first-order chi connectivity index (χ1) is 17.2. The minimum absolute atomic E-state index is 0.00899. The van der Waals surface area contributed by atoms with Gasteiger partial charge < -0.3 is 0 Å². The van der Waals surface area contributed by atoms with Gasteiger partial charge in [0, 0.05) is 11.1 Å². The molecule has 0 bridgehead atoms. The van der Waals surface area contributed by atoms with Crippen molar-refractivity contribution in [3.05, 3.63) is 112 Å². The molecule has 1 aromatic heterocycles. The fraction of sp³-hybridized carbons (Fsp3) is 0.0800. The Morgan fingerprint density at radius 1 is 0.889 bits per heavy atom. The topological polar surface area (TPSA) is 85.2 Å². The predicted octanol–water partition coefficient (Wildman–Crippen LogP) is 4.97. The Hall–Kier alpha value is -4.31. The molecule has 11 heteroatoms. The molecule has 3 aromatic carbocycles. The molecule has 0 N–H and O–H groups in total. The van der Waals surface area contributed by atoms with Gasteiger partial charge in [0.15, 0.2) is 11.6 Å². The van der Waals surface area contributed by atoms with Crippen LogP contribution in [0, 0.1) is 0 Å². The van der Waals surface area contributed by atoms with Gasteiger partial charge in [0.1, 0.15) is 6.33 Å². The zero-order chi connectivity index (χ0) is 25.6. The SMILES string of the molecule is O=C(c1ccccc1Cl)c1cc(C(F)(F)F)ccc1-n1cnnc1CN1C(=O)c2ccccc2C1=O. The van der Waals surface area contributed by atoms with Crippen molar-refractivity contribution in [2.45, 2.75) is 12.7 Å². The van der Waals surface area contributed by atoms with Crippen LogP contribution in [0.4, 0.5) is 13.2 Å². The average molecular weight is 511 g/mol. The highest BCUT2D eigenvalue weighted by molar-refractivity contribution is 6.35. The highest BCUT2D eigenvalue weighted by atomic mass is 35.5. The summed E-state index contributed by atoms with van der Waals surface area (Å²) >= 11 is 6.14. The van der Waals surface area contributed by atoms with E-state index in [1.165, 1.54) is 35.2 Å². The molecule has 180 valence electrons. The molecule has 7 nitrogen and oxygen atoms in total. The molecule has 0 saturated carbocycles.